The van der Waals surface area contributed by atoms with Gasteiger partial charge in [0.25, 0.3) is 0 Å². The summed E-state index contributed by atoms with van der Waals surface area (Å²) in [4.78, 5) is 4.72. The Morgan fingerprint density at radius 2 is 1.45 bits per heavy atom. The number of rotatable bonds is 11. The number of pyridine rings is 1. The summed E-state index contributed by atoms with van der Waals surface area (Å²) in [5.74, 6) is 2.43. The predicted octanol–water partition coefficient (Wildman–Crippen LogP) is 11.0. The lowest BCUT2D eigenvalue weighted by molar-refractivity contribution is 0.483. The average Bonchev–Trinajstić information content (AvgIpc) is 3.70. The van der Waals surface area contributed by atoms with Gasteiger partial charge in [-0.1, -0.05) is 76.4 Å². The van der Waals surface area contributed by atoms with Crippen molar-refractivity contribution in [1.29, 1.82) is 0 Å². The molecule has 0 bridgehead atoms. The molecule has 0 atom stereocenters. The van der Waals surface area contributed by atoms with Gasteiger partial charge in [0.05, 0.1) is 22.9 Å². The number of nitrogens with zero attached hydrogens (tertiary/aromatic N) is 4. The number of hydrogen-bond donors (Lipinski definition) is 0. The molecule has 3 aromatic heterocycles. The molecule has 0 fully saturated rings. The fourth-order valence-corrected chi connectivity index (χ4v) is 6.94. The first-order chi connectivity index (χ1) is 23.1. The summed E-state index contributed by atoms with van der Waals surface area (Å²) >= 11 is 0. The molecule has 0 amide bonds. The van der Waals surface area contributed by atoms with E-state index in [1.165, 1.54) is 44.2 Å². The number of benzene rings is 4. The highest BCUT2D eigenvalue weighted by atomic mass is 16.5. The first kappa shape index (κ1) is 30.5. The van der Waals surface area contributed by atoms with E-state index in [1.54, 1.807) is 0 Å². The van der Waals surface area contributed by atoms with Crippen molar-refractivity contribution in [3.8, 4) is 34.1 Å². The molecule has 0 aliphatic heterocycles. The molecular formula is C42H42N4O. The monoisotopic (exact) mass is 618 g/mol. The van der Waals surface area contributed by atoms with Crippen LogP contribution in [0.5, 0.6) is 11.5 Å². The standard InChI is InChI=1S/C42H42N4O/c1-5-11-30-18-19-31(12-6-2)42(36(30)13-7-3)32-27-44-45(28-32)33-14-10-15-34(25-33)47-35-20-21-38-37-16-8-9-17-39(37)46(40(38)26-35)41-24-29(4)22-23-43-41/h8-10,14-28H,5-7,11-13H2,1-4H3. The minimum absolute atomic E-state index is 0.763. The van der Waals surface area contributed by atoms with Crippen molar-refractivity contribution in [2.24, 2.45) is 0 Å². The van der Waals surface area contributed by atoms with Crippen LogP contribution in [0.25, 0.3) is 44.4 Å². The predicted molar refractivity (Wildman–Crippen MR) is 194 cm³/mol. The number of fused-ring (bicyclic) bond motifs is 3. The normalized spacial score (nSPS) is 11.5. The SMILES string of the molecule is CCCc1ccc(CCC)c(-c2cnn(-c3cccc(Oc4ccc5c6ccccc6n(-c6cc(C)ccn6)c5c4)c3)c2)c1CCC. The Morgan fingerprint density at radius 3 is 2.28 bits per heavy atom. The second-order valence-electron chi connectivity index (χ2n) is 12.5. The lowest BCUT2D eigenvalue weighted by atomic mass is 9.87. The summed E-state index contributed by atoms with van der Waals surface area (Å²) in [6.45, 7) is 8.90. The molecule has 0 N–H and O–H groups in total. The summed E-state index contributed by atoms with van der Waals surface area (Å²) in [5, 5.41) is 7.22. The van der Waals surface area contributed by atoms with Gasteiger partial charge in [-0.3, -0.25) is 4.57 Å². The Balaban J connectivity index is 1.24. The van der Waals surface area contributed by atoms with E-state index in [9.17, 15) is 0 Å². The summed E-state index contributed by atoms with van der Waals surface area (Å²) in [5.41, 5.74) is 11.3. The van der Waals surface area contributed by atoms with Gasteiger partial charge in [-0.25, -0.2) is 9.67 Å². The molecule has 236 valence electrons. The number of para-hydroxylation sites is 1. The third-order valence-corrected chi connectivity index (χ3v) is 9.00. The van der Waals surface area contributed by atoms with Gasteiger partial charge in [-0.2, -0.15) is 5.10 Å². The van der Waals surface area contributed by atoms with E-state index in [-0.39, 0.29) is 0 Å². The molecule has 0 saturated carbocycles. The van der Waals surface area contributed by atoms with Crippen LogP contribution in [-0.4, -0.2) is 19.3 Å². The van der Waals surface area contributed by atoms with Crippen molar-refractivity contribution in [3.05, 3.63) is 132 Å². The zero-order valence-corrected chi connectivity index (χ0v) is 27.8. The molecule has 0 unspecified atom stereocenters. The quantitative estimate of drug-likeness (QED) is 0.145. The minimum Gasteiger partial charge on any atom is -0.457 e. The van der Waals surface area contributed by atoms with Crippen molar-refractivity contribution < 1.29 is 4.74 Å². The van der Waals surface area contributed by atoms with Gasteiger partial charge in [0.1, 0.15) is 17.3 Å². The van der Waals surface area contributed by atoms with E-state index in [0.29, 0.717) is 0 Å². The van der Waals surface area contributed by atoms with Crippen molar-refractivity contribution in [2.75, 3.05) is 0 Å². The molecule has 0 spiro atoms. The van der Waals surface area contributed by atoms with Crippen LogP contribution < -0.4 is 4.74 Å². The van der Waals surface area contributed by atoms with Gasteiger partial charge >= 0.3 is 0 Å². The molecule has 5 nitrogen and oxygen atoms in total. The fraction of sp³-hybridized carbons (Fsp3) is 0.238. The topological polar surface area (TPSA) is 44.9 Å². The Labute approximate surface area is 277 Å². The molecule has 7 aromatic rings. The molecular weight excluding hydrogens is 576 g/mol. The number of aromatic nitrogens is 4. The van der Waals surface area contributed by atoms with Crippen LogP contribution in [0.4, 0.5) is 0 Å². The highest BCUT2D eigenvalue weighted by molar-refractivity contribution is 6.09. The van der Waals surface area contributed by atoms with Crippen LogP contribution in [0, 0.1) is 6.92 Å². The zero-order valence-electron chi connectivity index (χ0n) is 27.8. The highest BCUT2D eigenvalue weighted by Gasteiger charge is 2.17. The third-order valence-electron chi connectivity index (χ3n) is 9.00. The van der Waals surface area contributed by atoms with Crippen molar-refractivity contribution in [1.82, 2.24) is 19.3 Å². The maximum atomic E-state index is 6.52. The van der Waals surface area contributed by atoms with Gasteiger partial charge in [-0.05, 0) is 96.5 Å². The van der Waals surface area contributed by atoms with Crippen LogP contribution in [0.15, 0.2) is 110 Å². The number of ether oxygens (including phenoxy) is 1. The van der Waals surface area contributed by atoms with Crippen LogP contribution in [0.3, 0.4) is 0 Å². The summed E-state index contributed by atoms with van der Waals surface area (Å²) in [7, 11) is 0. The lowest BCUT2D eigenvalue weighted by Gasteiger charge is -2.18. The van der Waals surface area contributed by atoms with Crippen LogP contribution in [0.1, 0.15) is 62.3 Å². The smallest absolute Gasteiger partial charge is 0.137 e. The van der Waals surface area contributed by atoms with Gasteiger partial charge in [-0.15, -0.1) is 0 Å². The van der Waals surface area contributed by atoms with Gasteiger partial charge in [0.15, 0.2) is 0 Å². The molecule has 0 aliphatic carbocycles. The average molecular weight is 619 g/mol. The largest absolute Gasteiger partial charge is 0.457 e. The highest BCUT2D eigenvalue weighted by Crippen LogP contribution is 2.36. The van der Waals surface area contributed by atoms with Gasteiger partial charge in [0, 0.05) is 40.9 Å². The Morgan fingerprint density at radius 1 is 0.681 bits per heavy atom. The van der Waals surface area contributed by atoms with Crippen molar-refractivity contribution in [3.63, 3.8) is 0 Å². The van der Waals surface area contributed by atoms with E-state index in [0.717, 1.165) is 72.6 Å². The molecule has 47 heavy (non-hydrogen) atoms. The number of aryl methyl sites for hydroxylation is 3. The Hall–Kier alpha value is -5.16. The third kappa shape index (κ3) is 5.94. The number of hydrogen-bond acceptors (Lipinski definition) is 3. The van der Waals surface area contributed by atoms with Crippen LogP contribution in [0.2, 0.25) is 0 Å². The molecule has 0 aliphatic rings. The molecule has 0 saturated heterocycles. The second-order valence-corrected chi connectivity index (χ2v) is 12.5. The molecule has 5 heteroatoms. The van der Waals surface area contributed by atoms with Crippen LogP contribution >= 0.6 is 0 Å². The maximum absolute atomic E-state index is 6.52. The van der Waals surface area contributed by atoms with Crippen LogP contribution in [-0.2, 0) is 19.3 Å². The molecule has 3 heterocycles. The van der Waals surface area contributed by atoms with Crippen molar-refractivity contribution in [2.45, 2.75) is 66.2 Å². The lowest BCUT2D eigenvalue weighted by Crippen LogP contribution is -2.02. The molecule has 0 radical (unpaired) electrons. The molecule has 7 rings (SSSR count). The first-order valence-electron chi connectivity index (χ1n) is 17.0. The van der Waals surface area contributed by atoms with E-state index >= 15 is 0 Å². The fourth-order valence-electron chi connectivity index (χ4n) is 6.94. The Kier molecular flexibility index (Phi) is 8.62. The minimum atomic E-state index is 0.763. The van der Waals surface area contributed by atoms with E-state index in [1.807, 2.05) is 35.3 Å². The van der Waals surface area contributed by atoms with Gasteiger partial charge < -0.3 is 4.74 Å². The van der Waals surface area contributed by atoms with E-state index < -0.39 is 0 Å². The first-order valence-corrected chi connectivity index (χ1v) is 17.0. The summed E-state index contributed by atoms with van der Waals surface area (Å²) in [6.07, 6.45) is 12.7. The molecule has 4 aromatic carbocycles. The Bertz CT molecular complexity index is 2190. The van der Waals surface area contributed by atoms with Gasteiger partial charge in [0.2, 0.25) is 0 Å². The summed E-state index contributed by atoms with van der Waals surface area (Å²) in [6, 6.07) is 31.8. The van der Waals surface area contributed by atoms with Crippen molar-refractivity contribution >= 4 is 21.8 Å². The zero-order chi connectivity index (χ0) is 32.3. The van der Waals surface area contributed by atoms with E-state index in [2.05, 4.69) is 111 Å². The van der Waals surface area contributed by atoms with E-state index in [4.69, 9.17) is 14.8 Å². The summed E-state index contributed by atoms with van der Waals surface area (Å²) < 4.78 is 10.7. The maximum Gasteiger partial charge on any atom is 0.137 e. The second kappa shape index (κ2) is 13.3.